The molecule has 1 aliphatic carbocycles. The number of hydrogen-bond donors (Lipinski definition) is 2. The predicted octanol–water partition coefficient (Wildman–Crippen LogP) is 2.17. The van der Waals surface area contributed by atoms with Crippen molar-refractivity contribution in [2.24, 2.45) is 5.92 Å². The van der Waals surface area contributed by atoms with Crippen LogP contribution in [-0.4, -0.2) is 29.0 Å². The van der Waals surface area contributed by atoms with E-state index < -0.39 is 6.09 Å². The Morgan fingerprint density at radius 1 is 1.71 bits per heavy atom. The van der Waals surface area contributed by atoms with Crippen LogP contribution in [0, 0.1) is 12.8 Å². The van der Waals surface area contributed by atoms with Crippen molar-refractivity contribution in [2.75, 3.05) is 6.61 Å². The van der Waals surface area contributed by atoms with E-state index in [1.807, 2.05) is 0 Å². The third-order valence-electron chi connectivity index (χ3n) is 2.78. The molecule has 0 aromatic carbocycles. The van der Waals surface area contributed by atoms with Crippen molar-refractivity contribution >= 4 is 22.0 Å². The molecule has 1 amide bonds. The topological polar surface area (TPSA) is 84.6 Å². The predicted molar refractivity (Wildman–Crippen MR) is 62.1 cm³/mol. The normalized spacial score (nSPS) is 22.9. The van der Waals surface area contributed by atoms with Crippen molar-refractivity contribution in [3.05, 3.63) is 10.2 Å². The van der Waals surface area contributed by atoms with E-state index in [0.29, 0.717) is 24.2 Å². The Kier molecular flexibility index (Phi) is 3.56. The van der Waals surface area contributed by atoms with Crippen molar-refractivity contribution in [2.45, 2.75) is 25.8 Å². The fourth-order valence-corrected chi connectivity index (χ4v) is 2.05. The molecule has 17 heavy (non-hydrogen) atoms. The maximum absolute atomic E-state index is 10.4. The van der Waals surface area contributed by atoms with Crippen LogP contribution in [0.25, 0.3) is 0 Å². The fourth-order valence-electron chi connectivity index (χ4n) is 1.79. The summed E-state index contributed by atoms with van der Waals surface area (Å²) in [6, 6.07) is 0.0589. The summed E-state index contributed by atoms with van der Waals surface area (Å²) in [6.45, 7) is 2.32. The smallest absolute Gasteiger partial charge is 0.404 e. The van der Waals surface area contributed by atoms with Gasteiger partial charge in [-0.1, -0.05) is 0 Å². The van der Waals surface area contributed by atoms with Gasteiger partial charge in [0.1, 0.15) is 4.47 Å². The number of aromatic nitrogens is 1. The van der Waals surface area contributed by atoms with Crippen LogP contribution in [0.2, 0.25) is 0 Å². The molecule has 0 spiro atoms. The van der Waals surface area contributed by atoms with E-state index in [4.69, 9.17) is 14.4 Å². The summed E-state index contributed by atoms with van der Waals surface area (Å²) in [5.74, 6) is 1.51. The molecule has 94 valence electrons. The van der Waals surface area contributed by atoms with E-state index >= 15 is 0 Å². The molecular formula is C10H13BrN2O4. The minimum atomic E-state index is -0.968. The summed E-state index contributed by atoms with van der Waals surface area (Å²) in [4.78, 5) is 10.4. The van der Waals surface area contributed by atoms with E-state index in [2.05, 4.69) is 26.4 Å². The Bertz CT molecular complexity index is 414. The molecule has 0 aliphatic heterocycles. The van der Waals surface area contributed by atoms with E-state index in [1.54, 1.807) is 6.92 Å². The standard InChI is InChI=1S/C10H13BrN2O4/c1-5-8(11)9(13-17-5)16-4-6-2-7(3-6)12-10(14)15/h6-7,12H,2-4H2,1H3,(H,14,15). The van der Waals surface area contributed by atoms with Crippen LogP contribution < -0.4 is 10.1 Å². The van der Waals surface area contributed by atoms with Crippen molar-refractivity contribution in [3.63, 3.8) is 0 Å². The van der Waals surface area contributed by atoms with Crippen LogP contribution in [0.3, 0.4) is 0 Å². The molecule has 1 saturated carbocycles. The van der Waals surface area contributed by atoms with Crippen LogP contribution >= 0.6 is 15.9 Å². The Balaban J connectivity index is 1.71. The molecule has 2 rings (SSSR count). The number of nitrogens with zero attached hydrogens (tertiary/aromatic N) is 1. The maximum atomic E-state index is 10.4. The number of rotatable bonds is 4. The number of halogens is 1. The summed E-state index contributed by atoms with van der Waals surface area (Å²) in [5, 5.41) is 14.7. The molecule has 0 unspecified atom stereocenters. The second-order valence-electron chi connectivity index (χ2n) is 4.15. The lowest BCUT2D eigenvalue weighted by Gasteiger charge is -2.34. The monoisotopic (exact) mass is 304 g/mol. The zero-order chi connectivity index (χ0) is 12.4. The van der Waals surface area contributed by atoms with Gasteiger partial charge in [-0.15, -0.1) is 0 Å². The summed E-state index contributed by atoms with van der Waals surface area (Å²) in [7, 11) is 0. The Labute approximate surface area is 106 Å². The molecule has 1 aliphatic rings. The van der Waals surface area contributed by atoms with Gasteiger partial charge < -0.3 is 19.7 Å². The lowest BCUT2D eigenvalue weighted by molar-refractivity contribution is 0.125. The molecule has 1 aromatic heterocycles. The first-order valence-electron chi connectivity index (χ1n) is 5.30. The number of aryl methyl sites for hydroxylation is 1. The van der Waals surface area contributed by atoms with Crippen LogP contribution in [0.1, 0.15) is 18.6 Å². The number of amides is 1. The van der Waals surface area contributed by atoms with Gasteiger partial charge in [-0.3, -0.25) is 0 Å². The first-order chi connectivity index (χ1) is 8.06. The summed E-state index contributed by atoms with van der Waals surface area (Å²) in [6.07, 6.45) is 0.644. The van der Waals surface area contributed by atoms with Gasteiger partial charge in [-0.25, -0.2) is 4.79 Å². The van der Waals surface area contributed by atoms with Gasteiger partial charge >= 0.3 is 6.09 Å². The zero-order valence-electron chi connectivity index (χ0n) is 9.27. The fraction of sp³-hybridized carbons (Fsp3) is 0.600. The van der Waals surface area contributed by atoms with Gasteiger partial charge in [0.15, 0.2) is 5.76 Å². The molecule has 0 radical (unpaired) electrons. The van der Waals surface area contributed by atoms with Crippen LogP contribution in [-0.2, 0) is 0 Å². The van der Waals surface area contributed by atoms with Crippen LogP contribution in [0.5, 0.6) is 5.88 Å². The molecule has 1 fully saturated rings. The average Bonchev–Trinajstić information content (AvgIpc) is 2.52. The average molecular weight is 305 g/mol. The molecule has 0 bridgehead atoms. The number of hydrogen-bond acceptors (Lipinski definition) is 4. The van der Waals surface area contributed by atoms with Gasteiger partial charge in [-0.05, 0) is 46.8 Å². The zero-order valence-corrected chi connectivity index (χ0v) is 10.9. The first kappa shape index (κ1) is 12.2. The highest BCUT2D eigenvalue weighted by Crippen LogP contribution is 2.31. The highest BCUT2D eigenvalue weighted by Gasteiger charge is 2.31. The SMILES string of the molecule is Cc1onc(OCC2CC(NC(=O)O)C2)c1Br. The Morgan fingerprint density at radius 2 is 2.41 bits per heavy atom. The Morgan fingerprint density at radius 3 is 2.94 bits per heavy atom. The van der Waals surface area contributed by atoms with E-state index in [1.165, 1.54) is 0 Å². The first-order valence-corrected chi connectivity index (χ1v) is 6.09. The Hall–Kier alpha value is -1.24. The summed E-state index contributed by atoms with van der Waals surface area (Å²) < 4.78 is 11.2. The number of nitrogens with one attached hydrogen (secondary N) is 1. The molecule has 2 N–H and O–H groups in total. The highest BCUT2D eigenvalue weighted by atomic mass is 79.9. The molecule has 0 atom stereocenters. The maximum Gasteiger partial charge on any atom is 0.404 e. The lowest BCUT2D eigenvalue weighted by atomic mass is 9.81. The largest absolute Gasteiger partial charge is 0.474 e. The number of ether oxygens (including phenoxy) is 1. The second kappa shape index (κ2) is 4.95. The highest BCUT2D eigenvalue weighted by molar-refractivity contribution is 9.10. The molecular weight excluding hydrogens is 292 g/mol. The molecule has 6 nitrogen and oxygen atoms in total. The van der Waals surface area contributed by atoms with Gasteiger partial charge in [0.2, 0.25) is 0 Å². The van der Waals surface area contributed by atoms with E-state index in [0.717, 1.165) is 17.3 Å². The molecule has 1 heterocycles. The quantitative estimate of drug-likeness (QED) is 0.890. The molecule has 1 aromatic rings. The minimum Gasteiger partial charge on any atom is -0.474 e. The van der Waals surface area contributed by atoms with Crippen LogP contribution in [0.4, 0.5) is 4.79 Å². The van der Waals surface area contributed by atoms with Crippen LogP contribution in [0.15, 0.2) is 9.00 Å². The summed E-state index contributed by atoms with van der Waals surface area (Å²) in [5.41, 5.74) is 0. The van der Waals surface area contributed by atoms with Crippen molar-refractivity contribution in [1.82, 2.24) is 10.5 Å². The van der Waals surface area contributed by atoms with Crippen molar-refractivity contribution in [3.8, 4) is 5.88 Å². The molecule has 7 heteroatoms. The minimum absolute atomic E-state index is 0.0589. The van der Waals surface area contributed by atoms with E-state index in [-0.39, 0.29) is 6.04 Å². The summed E-state index contributed by atoms with van der Waals surface area (Å²) >= 11 is 3.31. The molecule has 0 saturated heterocycles. The number of carbonyl (C=O) groups is 1. The van der Waals surface area contributed by atoms with Gasteiger partial charge in [0, 0.05) is 6.04 Å². The number of carboxylic acid groups (broad SMARTS) is 1. The van der Waals surface area contributed by atoms with Gasteiger partial charge in [0.25, 0.3) is 5.88 Å². The third kappa shape index (κ3) is 2.91. The van der Waals surface area contributed by atoms with Gasteiger partial charge in [0.05, 0.1) is 6.61 Å². The van der Waals surface area contributed by atoms with E-state index in [9.17, 15) is 4.79 Å². The third-order valence-corrected chi connectivity index (χ3v) is 3.68. The lowest BCUT2D eigenvalue weighted by Crippen LogP contribution is -2.45. The van der Waals surface area contributed by atoms with Crippen molar-refractivity contribution in [1.29, 1.82) is 0 Å². The van der Waals surface area contributed by atoms with Crippen molar-refractivity contribution < 1.29 is 19.2 Å². The van der Waals surface area contributed by atoms with Gasteiger partial charge in [-0.2, -0.15) is 0 Å². The second-order valence-corrected chi connectivity index (χ2v) is 4.95.